The van der Waals surface area contributed by atoms with Crippen LogP contribution in [0.5, 0.6) is 0 Å². The van der Waals surface area contributed by atoms with Crippen LogP contribution >= 0.6 is 0 Å². The first kappa shape index (κ1) is 13.6. The molecular formula is C14H21NO2S. The summed E-state index contributed by atoms with van der Waals surface area (Å²) >= 11 is 0. The van der Waals surface area contributed by atoms with Crippen molar-refractivity contribution in [2.24, 2.45) is 0 Å². The molecule has 1 fully saturated rings. The lowest BCUT2D eigenvalue weighted by atomic mass is 10.0. The lowest BCUT2D eigenvalue weighted by Gasteiger charge is -2.25. The van der Waals surface area contributed by atoms with Crippen LogP contribution in [0.2, 0.25) is 0 Å². The van der Waals surface area contributed by atoms with Crippen molar-refractivity contribution in [2.45, 2.75) is 43.2 Å². The van der Waals surface area contributed by atoms with Crippen LogP contribution in [0.1, 0.15) is 38.3 Å². The van der Waals surface area contributed by atoms with E-state index in [1.165, 1.54) is 0 Å². The molecule has 0 aromatic heterocycles. The molecule has 1 heterocycles. The molecule has 100 valence electrons. The molecule has 0 spiro atoms. The summed E-state index contributed by atoms with van der Waals surface area (Å²) in [5, 5.41) is 2.84. The summed E-state index contributed by atoms with van der Waals surface area (Å²) in [6, 6.07) is 9.82. The second-order valence-corrected chi connectivity index (χ2v) is 7.57. The fourth-order valence-electron chi connectivity index (χ4n) is 2.69. The van der Waals surface area contributed by atoms with E-state index in [0.717, 1.165) is 12.1 Å². The molecule has 1 aromatic carbocycles. The van der Waals surface area contributed by atoms with Crippen molar-refractivity contribution in [3.63, 3.8) is 0 Å². The topological polar surface area (TPSA) is 46.2 Å². The summed E-state index contributed by atoms with van der Waals surface area (Å²) in [6.07, 6.45) is 1.35. The Morgan fingerprint density at radius 3 is 2.56 bits per heavy atom. The average Bonchev–Trinajstić information content (AvgIpc) is 2.48. The van der Waals surface area contributed by atoms with E-state index in [4.69, 9.17) is 0 Å². The first-order chi connectivity index (χ1) is 8.57. The summed E-state index contributed by atoms with van der Waals surface area (Å²) in [4.78, 5) is 0. The molecule has 3 atom stereocenters. The highest BCUT2D eigenvalue weighted by molar-refractivity contribution is 7.92. The van der Waals surface area contributed by atoms with Crippen LogP contribution in [0.3, 0.4) is 0 Å². The quantitative estimate of drug-likeness (QED) is 0.894. The highest BCUT2D eigenvalue weighted by Crippen LogP contribution is 2.30. The van der Waals surface area contributed by atoms with Crippen LogP contribution in [0.15, 0.2) is 30.3 Å². The predicted molar refractivity (Wildman–Crippen MR) is 74.3 cm³/mol. The van der Waals surface area contributed by atoms with Gasteiger partial charge in [-0.15, -0.1) is 0 Å². The van der Waals surface area contributed by atoms with Gasteiger partial charge in [-0.2, -0.15) is 0 Å². The number of sulfone groups is 1. The van der Waals surface area contributed by atoms with Crippen LogP contribution < -0.4 is 5.32 Å². The van der Waals surface area contributed by atoms with E-state index >= 15 is 0 Å². The highest BCUT2D eigenvalue weighted by atomic mass is 32.2. The minimum Gasteiger partial charge on any atom is -0.309 e. The minimum atomic E-state index is -3.05. The fraction of sp³-hybridized carbons (Fsp3) is 0.571. The maximum Gasteiger partial charge on any atom is 0.157 e. The SMILES string of the molecule is CCC1C(c2ccccc2)NCCC(C)S1(=O)=O. The Morgan fingerprint density at radius 1 is 1.28 bits per heavy atom. The minimum absolute atomic E-state index is 0.0776. The van der Waals surface area contributed by atoms with E-state index in [1.54, 1.807) is 0 Å². The zero-order valence-electron chi connectivity index (χ0n) is 11.0. The van der Waals surface area contributed by atoms with E-state index in [-0.39, 0.29) is 16.5 Å². The first-order valence-corrected chi connectivity index (χ1v) is 8.19. The molecule has 4 heteroatoms. The number of rotatable bonds is 2. The van der Waals surface area contributed by atoms with Gasteiger partial charge in [0.15, 0.2) is 9.84 Å². The molecule has 3 unspecified atom stereocenters. The highest BCUT2D eigenvalue weighted by Gasteiger charge is 2.38. The van der Waals surface area contributed by atoms with Gasteiger partial charge in [-0.3, -0.25) is 0 Å². The zero-order valence-corrected chi connectivity index (χ0v) is 11.8. The molecule has 0 saturated carbocycles. The third-order valence-corrected chi connectivity index (χ3v) is 6.64. The van der Waals surface area contributed by atoms with Crippen LogP contribution in [0.25, 0.3) is 0 Å². The molecular weight excluding hydrogens is 246 g/mol. The molecule has 1 N–H and O–H groups in total. The summed E-state index contributed by atoms with van der Waals surface area (Å²) in [5.41, 5.74) is 1.07. The molecule has 1 aromatic rings. The van der Waals surface area contributed by atoms with Crippen molar-refractivity contribution >= 4 is 9.84 Å². The number of nitrogens with one attached hydrogen (secondary N) is 1. The Labute approximate surface area is 110 Å². The maximum absolute atomic E-state index is 12.5. The van der Waals surface area contributed by atoms with E-state index in [0.29, 0.717) is 12.8 Å². The second kappa shape index (κ2) is 5.41. The Hall–Kier alpha value is -0.870. The van der Waals surface area contributed by atoms with E-state index < -0.39 is 9.84 Å². The lowest BCUT2D eigenvalue weighted by Crippen LogP contribution is -2.36. The zero-order chi connectivity index (χ0) is 13.2. The third kappa shape index (κ3) is 2.45. The summed E-state index contributed by atoms with van der Waals surface area (Å²) in [6.45, 7) is 4.54. The van der Waals surface area contributed by atoms with Crippen molar-refractivity contribution in [1.29, 1.82) is 0 Å². The largest absolute Gasteiger partial charge is 0.309 e. The van der Waals surface area contributed by atoms with Crippen molar-refractivity contribution in [2.75, 3.05) is 6.54 Å². The van der Waals surface area contributed by atoms with Crippen LogP contribution in [0.4, 0.5) is 0 Å². The standard InChI is InChI=1S/C14H21NO2S/c1-3-13-14(12-7-5-4-6-8-12)15-10-9-11(2)18(13,16)17/h4-8,11,13-15H,3,9-10H2,1-2H3. The van der Waals surface area contributed by atoms with Crippen LogP contribution in [-0.4, -0.2) is 25.5 Å². The van der Waals surface area contributed by atoms with Crippen molar-refractivity contribution in [3.05, 3.63) is 35.9 Å². The summed E-state index contributed by atoms with van der Waals surface area (Å²) in [5.74, 6) is 0. The molecule has 0 aliphatic carbocycles. The van der Waals surface area contributed by atoms with Crippen molar-refractivity contribution in [3.8, 4) is 0 Å². The average molecular weight is 267 g/mol. The first-order valence-electron chi connectivity index (χ1n) is 6.58. The molecule has 1 aliphatic heterocycles. The van der Waals surface area contributed by atoms with Crippen molar-refractivity contribution < 1.29 is 8.42 Å². The van der Waals surface area contributed by atoms with Gasteiger partial charge in [-0.25, -0.2) is 8.42 Å². The molecule has 1 saturated heterocycles. The van der Waals surface area contributed by atoms with Gasteiger partial charge in [0.05, 0.1) is 10.5 Å². The molecule has 0 amide bonds. The van der Waals surface area contributed by atoms with E-state index in [9.17, 15) is 8.42 Å². The Bertz CT molecular complexity index is 484. The maximum atomic E-state index is 12.5. The fourth-order valence-corrected chi connectivity index (χ4v) is 4.83. The lowest BCUT2D eigenvalue weighted by molar-refractivity contribution is 0.496. The molecule has 1 aliphatic rings. The Kier molecular flexibility index (Phi) is 4.07. The van der Waals surface area contributed by atoms with Gasteiger partial charge in [-0.1, -0.05) is 37.3 Å². The number of hydrogen-bond donors (Lipinski definition) is 1. The molecule has 0 radical (unpaired) electrons. The van der Waals surface area contributed by atoms with Gasteiger partial charge in [-0.05, 0) is 31.9 Å². The van der Waals surface area contributed by atoms with E-state index in [2.05, 4.69) is 5.32 Å². The molecule has 3 nitrogen and oxygen atoms in total. The Balaban J connectivity index is 2.40. The molecule has 18 heavy (non-hydrogen) atoms. The van der Waals surface area contributed by atoms with Gasteiger partial charge in [0.2, 0.25) is 0 Å². The van der Waals surface area contributed by atoms with Gasteiger partial charge >= 0.3 is 0 Å². The summed E-state index contributed by atoms with van der Waals surface area (Å²) in [7, 11) is -3.05. The van der Waals surface area contributed by atoms with Gasteiger partial charge in [0.1, 0.15) is 0 Å². The van der Waals surface area contributed by atoms with Crippen LogP contribution in [-0.2, 0) is 9.84 Å². The second-order valence-electron chi connectivity index (χ2n) is 4.98. The predicted octanol–water partition coefficient (Wildman–Crippen LogP) is 2.30. The summed E-state index contributed by atoms with van der Waals surface area (Å²) < 4.78 is 25.0. The molecule has 2 rings (SSSR count). The number of hydrogen-bond acceptors (Lipinski definition) is 3. The van der Waals surface area contributed by atoms with Gasteiger partial charge in [0, 0.05) is 6.04 Å². The van der Waals surface area contributed by atoms with Crippen molar-refractivity contribution in [1.82, 2.24) is 5.32 Å². The third-order valence-electron chi connectivity index (χ3n) is 3.83. The Morgan fingerprint density at radius 2 is 1.94 bits per heavy atom. The van der Waals surface area contributed by atoms with E-state index in [1.807, 2.05) is 44.2 Å². The normalized spacial score (nSPS) is 31.8. The monoisotopic (exact) mass is 267 g/mol. The van der Waals surface area contributed by atoms with Crippen LogP contribution in [0, 0.1) is 0 Å². The van der Waals surface area contributed by atoms with Gasteiger partial charge in [0.25, 0.3) is 0 Å². The number of benzene rings is 1. The molecule has 0 bridgehead atoms. The smallest absolute Gasteiger partial charge is 0.157 e. The van der Waals surface area contributed by atoms with Gasteiger partial charge < -0.3 is 5.32 Å².